The molecule has 0 aliphatic carbocycles. The van der Waals surface area contributed by atoms with Crippen LogP contribution in [0, 0.1) is 5.82 Å². The number of amides is 1. The summed E-state index contributed by atoms with van der Waals surface area (Å²) in [5.74, 6) is -0.0545. The molecule has 32 heavy (non-hydrogen) atoms. The molecule has 1 fully saturated rings. The number of aryl methyl sites for hydroxylation is 1. The Hall–Kier alpha value is -2.98. The molecular weight excluding hydrogens is 399 g/mol. The fourth-order valence-corrected chi connectivity index (χ4v) is 4.37. The standard InChI is InChI=1S/C28H31FN2O/c29-26-15-14-25(24-16-18-30-19-17-24)20-27(26)31-28(32)9-5-4-6-21-10-12-23(13-11-21)22-7-2-1-3-8-22/h1-3,7-8,10-15,20,24,30H,4-6,9,16-19H2,(H,31,32). The van der Waals surface area contributed by atoms with Gasteiger partial charge < -0.3 is 10.6 Å². The van der Waals surface area contributed by atoms with Crippen molar-refractivity contribution in [3.05, 3.63) is 89.7 Å². The molecule has 0 spiro atoms. The Labute approximate surface area is 190 Å². The molecule has 0 saturated carbocycles. The van der Waals surface area contributed by atoms with Crippen molar-refractivity contribution in [3.8, 4) is 11.1 Å². The van der Waals surface area contributed by atoms with E-state index in [0.29, 0.717) is 18.0 Å². The van der Waals surface area contributed by atoms with E-state index in [1.54, 1.807) is 0 Å². The van der Waals surface area contributed by atoms with Gasteiger partial charge in [-0.2, -0.15) is 0 Å². The van der Waals surface area contributed by atoms with E-state index < -0.39 is 0 Å². The Balaban J connectivity index is 1.23. The van der Waals surface area contributed by atoms with E-state index in [0.717, 1.165) is 50.8 Å². The van der Waals surface area contributed by atoms with Crippen LogP contribution in [0.2, 0.25) is 0 Å². The molecule has 1 heterocycles. The molecule has 4 rings (SSSR count). The first-order valence-electron chi connectivity index (χ1n) is 11.6. The smallest absolute Gasteiger partial charge is 0.224 e. The van der Waals surface area contributed by atoms with Gasteiger partial charge in [-0.05, 0) is 85.5 Å². The van der Waals surface area contributed by atoms with E-state index in [1.807, 2.05) is 30.3 Å². The lowest BCUT2D eigenvalue weighted by Crippen LogP contribution is -2.26. The number of halogens is 1. The molecule has 3 nitrogen and oxygen atoms in total. The van der Waals surface area contributed by atoms with Gasteiger partial charge in [-0.1, -0.05) is 60.7 Å². The Morgan fingerprint density at radius 3 is 2.38 bits per heavy atom. The Bertz CT molecular complexity index is 1010. The summed E-state index contributed by atoms with van der Waals surface area (Å²) in [6, 6.07) is 24.1. The summed E-state index contributed by atoms with van der Waals surface area (Å²) in [6.45, 7) is 1.97. The molecule has 3 aromatic rings. The molecule has 2 N–H and O–H groups in total. The highest BCUT2D eigenvalue weighted by molar-refractivity contribution is 5.90. The summed E-state index contributed by atoms with van der Waals surface area (Å²) in [6.07, 6.45) is 5.13. The van der Waals surface area contributed by atoms with Crippen molar-refractivity contribution in [2.45, 2.75) is 44.4 Å². The predicted molar refractivity (Wildman–Crippen MR) is 129 cm³/mol. The lowest BCUT2D eigenvalue weighted by molar-refractivity contribution is -0.116. The molecule has 1 aliphatic heterocycles. The van der Waals surface area contributed by atoms with Crippen LogP contribution in [0.5, 0.6) is 0 Å². The maximum Gasteiger partial charge on any atom is 0.224 e. The van der Waals surface area contributed by atoms with Crippen LogP contribution in [0.1, 0.15) is 49.1 Å². The van der Waals surface area contributed by atoms with Crippen molar-refractivity contribution in [1.29, 1.82) is 0 Å². The number of carbonyl (C=O) groups excluding carboxylic acids is 1. The highest BCUT2D eigenvalue weighted by atomic mass is 19.1. The maximum absolute atomic E-state index is 14.2. The number of carbonyl (C=O) groups is 1. The molecule has 1 saturated heterocycles. The zero-order valence-electron chi connectivity index (χ0n) is 18.4. The topological polar surface area (TPSA) is 41.1 Å². The summed E-state index contributed by atoms with van der Waals surface area (Å²) in [5, 5.41) is 6.13. The minimum Gasteiger partial charge on any atom is -0.324 e. The number of nitrogens with one attached hydrogen (secondary N) is 2. The molecule has 166 valence electrons. The lowest BCUT2D eigenvalue weighted by Gasteiger charge is -2.23. The van der Waals surface area contributed by atoms with E-state index in [-0.39, 0.29) is 11.7 Å². The Kier molecular flexibility index (Phi) is 7.68. The van der Waals surface area contributed by atoms with E-state index in [4.69, 9.17) is 0 Å². The van der Waals surface area contributed by atoms with E-state index >= 15 is 0 Å². The molecule has 0 aromatic heterocycles. The number of benzene rings is 3. The molecule has 1 amide bonds. The van der Waals surface area contributed by atoms with Crippen LogP contribution in [0.3, 0.4) is 0 Å². The maximum atomic E-state index is 14.2. The highest BCUT2D eigenvalue weighted by Gasteiger charge is 2.17. The van der Waals surface area contributed by atoms with Crippen LogP contribution < -0.4 is 10.6 Å². The van der Waals surface area contributed by atoms with E-state index in [2.05, 4.69) is 47.0 Å². The van der Waals surface area contributed by atoms with Crippen LogP contribution in [0.25, 0.3) is 11.1 Å². The van der Waals surface area contributed by atoms with Crippen molar-refractivity contribution in [2.24, 2.45) is 0 Å². The molecular formula is C28H31FN2O. The largest absolute Gasteiger partial charge is 0.324 e. The van der Waals surface area contributed by atoms with Crippen molar-refractivity contribution < 1.29 is 9.18 Å². The van der Waals surface area contributed by atoms with E-state index in [9.17, 15) is 9.18 Å². The fourth-order valence-electron chi connectivity index (χ4n) is 4.37. The van der Waals surface area contributed by atoms with Crippen molar-refractivity contribution in [1.82, 2.24) is 5.32 Å². The second kappa shape index (κ2) is 11.1. The molecule has 0 radical (unpaired) electrons. The minimum atomic E-state index is -0.366. The van der Waals surface area contributed by atoms with Crippen molar-refractivity contribution in [2.75, 3.05) is 18.4 Å². The molecule has 0 bridgehead atoms. The number of piperidine rings is 1. The van der Waals surface area contributed by atoms with Gasteiger partial charge in [-0.15, -0.1) is 0 Å². The number of hydrogen-bond acceptors (Lipinski definition) is 2. The van der Waals surface area contributed by atoms with Crippen molar-refractivity contribution in [3.63, 3.8) is 0 Å². The second-order valence-corrected chi connectivity index (χ2v) is 8.58. The summed E-state index contributed by atoms with van der Waals surface area (Å²) < 4.78 is 14.2. The van der Waals surface area contributed by atoms with Gasteiger partial charge in [-0.3, -0.25) is 4.79 Å². The number of rotatable bonds is 8. The molecule has 4 heteroatoms. The third-order valence-corrected chi connectivity index (χ3v) is 6.26. The monoisotopic (exact) mass is 430 g/mol. The molecule has 0 atom stereocenters. The highest BCUT2D eigenvalue weighted by Crippen LogP contribution is 2.28. The minimum absolute atomic E-state index is 0.120. The van der Waals surface area contributed by atoms with Gasteiger partial charge in [0.1, 0.15) is 5.82 Å². The van der Waals surface area contributed by atoms with Gasteiger partial charge in [0.2, 0.25) is 5.91 Å². The molecule has 3 aromatic carbocycles. The lowest BCUT2D eigenvalue weighted by atomic mass is 9.90. The van der Waals surface area contributed by atoms with Gasteiger partial charge in [0, 0.05) is 6.42 Å². The molecule has 0 unspecified atom stereocenters. The van der Waals surface area contributed by atoms with Crippen LogP contribution >= 0.6 is 0 Å². The predicted octanol–water partition coefficient (Wildman–Crippen LogP) is 6.31. The van der Waals surface area contributed by atoms with Gasteiger partial charge in [0.15, 0.2) is 0 Å². The normalized spacial score (nSPS) is 14.3. The van der Waals surface area contributed by atoms with Gasteiger partial charge >= 0.3 is 0 Å². The molecule has 1 aliphatic rings. The summed E-state index contributed by atoms with van der Waals surface area (Å²) >= 11 is 0. The van der Waals surface area contributed by atoms with Crippen LogP contribution in [0.4, 0.5) is 10.1 Å². The van der Waals surface area contributed by atoms with Crippen LogP contribution in [-0.2, 0) is 11.2 Å². The number of unbranched alkanes of at least 4 members (excludes halogenated alkanes) is 1. The van der Waals surface area contributed by atoms with Gasteiger partial charge in [-0.25, -0.2) is 4.39 Å². The second-order valence-electron chi connectivity index (χ2n) is 8.58. The van der Waals surface area contributed by atoms with Crippen LogP contribution in [0.15, 0.2) is 72.8 Å². The van der Waals surface area contributed by atoms with Gasteiger partial charge in [0.05, 0.1) is 5.69 Å². The first-order chi connectivity index (χ1) is 15.7. The van der Waals surface area contributed by atoms with Gasteiger partial charge in [0.25, 0.3) is 0 Å². The van der Waals surface area contributed by atoms with Crippen LogP contribution in [-0.4, -0.2) is 19.0 Å². The summed E-state index contributed by atoms with van der Waals surface area (Å²) in [4.78, 5) is 12.4. The zero-order chi connectivity index (χ0) is 22.2. The number of hydrogen-bond donors (Lipinski definition) is 2. The third kappa shape index (κ3) is 6.04. The summed E-state index contributed by atoms with van der Waals surface area (Å²) in [5.41, 5.74) is 5.12. The third-order valence-electron chi connectivity index (χ3n) is 6.26. The summed E-state index contributed by atoms with van der Waals surface area (Å²) in [7, 11) is 0. The Morgan fingerprint density at radius 2 is 1.62 bits per heavy atom. The first-order valence-corrected chi connectivity index (χ1v) is 11.6. The zero-order valence-corrected chi connectivity index (χ0v) is 18.4. The Morgan fingerprint density at radius 1 is 0.906 bits per heavy atom. The first kappa shape index (κ1) is 22.2. The average Bonchev–Trinajstić information content (AvgIpc) is 2.85. The fraction of sp³-hybridized carbons (Fsp3) is 0.321. The quantitative estimate of drug-likeness (QED) is 0.411. The average molecular weight is 431 g/mol. The SMILES string of the molecule is O=C(CCCCc1ccc(-c2ccccc2)cc1)Nc1cc(C2CCNCC2)ccc1F. The number of anilines is 1. The van der Waals surface area contributed by atoms with Crippen molar-refractivity contribution >= 4 is 11.6 Å². The van der Waals surface area contributed by atoms with E-state index in [1.165, 1.54) is 22.8 Å².